The molecule has 0 amide bonds. The maximum Gasteiger partial charge on any atom is 0.132 e. The van der Waals surface area contributed by atoms with Gasteiger partial charge in [0.25, 0.3) is 0 Å². The van der Waals surface area contributed by atoms with E-state index in [0.717, 1.165) is 39.7 Å². The number of benzene rings is 9. The van der Waals surface area contributed by atoms with Gasteiger partial charge in [-0.1, -0.05) is 178 Å². The van der Waals surface area contributed by atoms with E-state index in [2.05, 4.69) is 217 Å². The van der Waals surface area contributed by atoms with Crippen LogP contribution >= 0.6 is 0 Å². The van der Waals surface area contributed by atoms with Gasteiger partial charge < -0.3 is 9.64 Å². The fourth-order valence-electron chi connectivity index (χ4n) is 8.37. The first-order valence-corrected chi connectivity index (χ1v) is 19.2. The number of anilines is 3. The van der Waals surface area contributed by atoms with Crippen LogP contribution in [0, 0.1) is 0 Å². The predicted molar refractivity (Wildman–Crippen MR) is 231 cm³/mol. The van der Waals surface area contributed by atoms with Crippen LogP contribution in [0.25, 0.3) is 32.7 Å². The van der Waals surface area contributed by atoms with Crippen molar-refractivity contribution >= 4 is 38.6 Å². The van der Waals surface area contributed by atoms with Gasteiger partial charge in [0, 0.05) is 28.2 Å². The summed E-state index contributed by atoms with van der Waals surface area (Å²) in [6.07, 6.45) is 0. The van der Waals surface area contributed by atoms with E-state index in [1.165, 1.54) is 43.8 Å². The summed E-state index contributed by atoms with van der Waals surface area (Å²) in [5.74, 6) is 1.74. The highest BCUT2D eigenvalue weighted by molar-refractivity contribution is 6.08. The third-order valence-electron chi connectivity index (χ3n) is 10.8. The molecule has 1 aliphatic rings. The van der Waals surface area contributed by atoms with Gasteiger partial charge in [-0.25, -0.2) is 0 Å². The second-order valence-electron chi connectivity index (χ2n) is 13.7. The summed E-state index contributed by atoms with van der Waals surface area (Å²) < 4.78 is 6.60. The lowest BCUT2D eigenvalue weighted by molar-refractivity contribution is 0.434. The topological polar surface area (TPSA) is 12.5 Å². The highest BCUT2D eigenvalue weighted by atomic mass is 16.5. The molecule has 264 valence electrons. The molecule has 0 atom stereocenters. The average Bonchev–Trinajstić information content (AvgIpc) is 3.27. The Kier molecular flexibility index (Phi) is 8.94. The lowest BCUT2D eigenvalue weighted by atomic mass is 9.63. The number of nitrogens with zero attached hydrogens (tertiary/aromatic N) is 1. The number of rotatable bonds is 6. The number of para-hydroxylation sites is 2. The van der Waals surface area contributed by atoms with E-state index >= 15 is 0 Å². The Hall–Kier alpha value is -6.90. The predicted octanol–water partition coefficient (Wildman–Crippen LogP) is 14.6. The van der Waals surface area contributed by atoms with Crippen molar-refractivity contribution in [2.75, 3.05) is 4.90 Å². The summed E-state index contributed by atoms with van der Waals surface area (Å²) in [6, 6.07) is 76.4. The maximum atomic E-state index is 6.60. The van der Waals surface area contributed by atoms with E-state index in [0.29, 0.717) is 0 Å². The molecule has 0 bridgehead atoms. The maximum absolute atomic E-state index is 6.60. The molecule has 0 unspecified atom stereocenters. The van der Waals surface area contributed by atoms with Crippen molar-refractivity contribution in [3.8, 4) is 22.6 Å². The quantitative estimate of drug-likeness (QED) is 0.160. The van der Waals surface area contributed by atoms with Crippen LogP contribution in [0.15, 0.2) is 212 Å². The van der Waals surface area contributed by atoms with Crippen LogP contribution in [-0.2, 0) is 5.41 Å². The normalized spacial score (nSPS) is 12.5. The first-order valence-electron chi connectivity index (χ1n) is 19.2. The number of hydrogen-bond acceptors (Lipinski definition) is 2. The Morgan fingerprint density at radius 2 is 0.891 bits per heavy atom. The van der Waals surface area contributed by atoms with Crippen LogP contribution in [0.4, 0.5) is 17.1 Å². The Balaban J connectivity index is 0.00000195. The van der Waals surface area contributed by atoms with E-state index in [1.807, 2.05) is 13.8 Å². The minimum absolute atomic E-state index is 0.617. The molecule has 9 aromatic rings. The van der Waals surface area contributed by atoms with Gasteiger partial charge >= 0.3 is 0 Å². The molecule has 2 heteroatoms. The van der Waals surface area contributed by atoms with Crippen molar-refractivity contribution in [1.82, 2.24) is 0 Å². The number of ether oxygens (including phenoxy) is 1. The highest BCUT2D eigenvalue weighted by Crippen LogP contribution is 2.55. The molecule has 0 aromatic heterocycles. The fraction of sp³-hybridized carbons (Fsp3) is 0.0566. The average molecular weight is 708 g/mol. The molecule has 0 fully saturated rings. The third-order valence-corrected chi connectivity index (χ3v) is 10.8. The molecule has 9 aromatic carbocycles. The molecule has 0 aliphatic carbocycles. The molecule has 0 spiro atoms. The van der Waals surface area contributed by atoms with Gasteiger partial charge in [-0.05, 0) is 92.3 Å². The molecule has 1 aliphatic heterocycles. The van der Waals surface area contributed by atoms with Crippen molar-refractivity contribution in [1.29, 1.82) is 0 Å². The molecule has 55 heavy (non-hydrogen) atoms. The summed E-state index contributed by atoms with van der Waals surface area (Å²) in [6.45, 7) is 4.00. The van der Waals surface area contributed by atoms with Gasteiger partial charge in [-0.15, -0.1) is 0 Å². The second-order valence-corrected chi connectivity index (χ2v) is 13.7. The molecule has 0 saturated heterocycles. The van der Waals surface area contributed by atoms with E-state index in [-0.39, 0.29) is 0 Å². The number of hydrogen-bond donors (Lipinski definition) is 0. The smallest absolute Gasteiger partial charge is 0.132 e. The highest BCUT2D eigenvalue weighted by Gasteiger charge is 2.45. The van der Waals surface area contributed by atoms with Crippen LogP contribution in [0.3, 0.4) is 0 Å². The van der Waals surface area contributed by atoms with E-state index < -0.39 is 5.41 Å². The minimum atomic E-state index is -0.617. The Labute approximate surface area is 323 Å². The van der Waals surface area contributed by atoms with Crippen LogP contribution in [0.1, 0.15) is 36.1 Å². The van der Waals surface area contributed by atoms with Gasteiger partial charge in [0.2, 0.25) is 0 Å². The molecule has 0 N–H and O–H groups in total. The first-order chi connectivity index (χ1) is 27.3. The summed E-state index contributed by atoms with van der Waals surface area (Å²) in [7, 11) is 0. The molecule has 0 saturated carbocycles. The lowest BCUT2D eigenvalue weighted by Crippen LogP contribution is -2.34. The van der Waals surface area contributed by atoms with Gasteiger partial charge in [0.1, 0.15) is 11.5 Å². The summed E-state index contributed by atoms with van der Waals surface area (Å²) >= 11 is 0. The molecule has 2 nitrogen and oxygen atoms in total. The molecule has 10 rings (SSSR count). The number of fused-ring (bicyclic) bond motifs is 5. The van der Waals surface area contributed by atoms with Gasteiger partial charge in [0.05, 0.1) is 5.41 Å². The van der Waals surface area contributed by atoms with Crippen LogP contribution in [0.5, 0.6) is 11.5 Å². The Morgan fingerprint density at radius 3 is 1.62 bits per heavy atom. The zero-order chi connectivity index (χ0) is 37.2. The SMILES string of the molecule is CC.c1ccc(-c2ccc(N(c3cccc(C4(c5ccccc5)c5ccccc5Oc5ccccc54)c3)c3ccc4c(ccc5ccccc54)c3)cc2)cc1. The largest absolute Gasteiger partial charge is 0.457 e. The van der Waals surface area contributed by atoms with Crippen molar-refractivity contribution < 1.29 is 4.74 Å². The summed E-state index contributed by atoms with van der Waals surface area (Å²) in [5, 5.41) is 4.96. The molecular formula is C53H41NO. The standard InChI is InChI=1S/C51H35NO.C2H6/c1-3-14-36(15-4-1)37-28-30-42(31-29-37)52(44-32-33-46-39(34-44)27-26-38-16-7-8-21-45(38)46)43-20-13-19-41(35-43)51(40-17-5-2-6-18-40)47-22-9-11-24-49(47)53-50-25-12-10-23-48(50)51;1-2/h1-35H;1-2H3. The fourth-order valence-corrected chi connectivity index (χ4v) is 8.37. The van der Waals surface area contributed by atoms with Gasteiger partial charge in [0.15, 0.2) is 0 Å². The molecular weight excluding hydrogens is 667 g/mol. The van der Waals surface area contributed by atoms with Crippen LogP contribution in [-0.4, -0.2) is 0 Å². The first kappa shape index (κ1) is 33.9. The zero-order valence-corrected chi connectivity index (χ0v) is 31.1. The van der Waals surface area contributed by atoms with E-state index in [4.69, 9.17) is 4.74 Å². The minimum Gasteiger partial charge on any atom is -0.457 e. The Morgan fingerprint density at radius 1 is 0.364 bits per heavy atom. The van der Waals surface area contributed by atoms with Gasteiger partial charge in [-0.2, -0.15) is 0 Å². The zero-order valence-electron chi connectivity index (χ0n) is 31.1. The van der Waals surface area contributed by atoms with Crippen molar-refractivity contribution in [3.63, 3.8) is 0 Å². The molecule has 1 heterocycles. The van der Waals surface area contributed by atoms with Crippen LogP contribution < -0.4 is 9.64 Å². The summed E-state index contributed by atoms with van der Waals surface area (Å²) in [5.41, 5.74) is 9.64. The second kappa shape index (κ2) is 14.5. The molecule has 0 radical (unpaired) electrons. The van der Waals surface area contributed by atoms with Crippen molar-refractivity contribution in [3.05, 3.63) is 235 Å². The van der Waals surface area contributed by atoms with Gasteiger partial charge in [-0.3, -0.25) is 0 Å². The lowest BCUT2D eigenvalue weighted by Gasteiger charge is -2.42. The van der Waals surface area contributed by atoms with E-state index in [1.54, 1.807) is 0 Å². The van der Waals surface area contributed by atoms with Crippen LogP contribution in [0.2, 0.25) is 0 Å². The third kappa shape index (κ3) is 5.84. The van der Waals surface area contributed by atoms with Crippen molar-refractivity contribution in [2.24, 2.45) is 0 Å². The summed E-state index contributed by atoms with van der Waals surface area (Å²) in [4.78, 5) is 2.39. The van der Waals surface area contributed by atoms with Crippen molar-refractivity contribution in [2.45, 2.75) is 19.3 Å². The Bertz CT molecular complexity index is 2710. The van der Waals surface area contributed by atoms with E-state index in [9.17, 15) is 0 Å². The monoisotopic (exact) mass is 707 g/mol.